The van der Waals surface area contributed by atoms with Crippen LogP contribution in [0.3, 0.4) is 0 Å². The monoisotopic (exact) mass is 379 g/mol. The summed E-state index contributed by atoms with van der Waals surface area (Å²) >= 11 is 0. The maximum absolute atomic E-state index is 11.8. The van der Waals surface area contributed by atoms with Crippen molar-refractivity contribution in [3.8, 4) is 0 Å². The molecule has 28 heavy (non-hydrogen) atoms. The number of aliphatic hydroxyl groups is 1. The molecule has 1 aliphatic rings. The van der Waals surface area contributed by atoms with E-state index in [0.29, 0.717) is 19.5 Å². The van der Waals surface area contributed by atoms with Crippen LogP contribution in [0.2, 0.25) is 0 Å². The first-order valence-corrected chi connectivity index (χ1v) is 9.93. The average molecular weight is 380 g/mol. The molecule has 0 aliphatic carbocycles. The Morgan fingerprint density at radius 1 is 1.21 bits per heavy atom. The standard InChI is InChI=1S/C23H29N3O2/c1-3-7-17-9-11-18(12-10-17)23-20(14-25-22(28)4-2)26(21(23)16-27)15-19-8-5-6-13-24-19/h3,5-13,20-21,23,27H,4,14-16H2,1-2H3,(H,25,28)/b7-3+/t20-,21-,23-/m0/s1. The lowest BCUT2D eigenvalue weighted by molar-refractivity contribution is -0.122. The topological polar surface area (TPSA) is 65.5 Å². The predicted molar refractivity (Wildman–Crippen MR) is 112 cm³/mol. The van der Waals surface area contributed by atoms with Crippen LogP contribution >= 0.6 is 0 Å². The molecule has 1 saturated heterocycles. The Morgan fingerprint density at radius 3 is 2.61 bits per heavy atom. The predicted octanol–water partition coefficient (Wildman–Crippen LogP) is 2.97. The van der Waals surface area contributed by atoms with Crippen molar-refractivity contribution in [2.75, 3.05) is 13.2 Å². The number of benzene rings is 1. The van der Waals surface area contributed by atoms with Gasteiger partial charge in [0.15, 0.2) is 0 Å². The number of amides is 1. The summed E-state index contributed by atoms with van der Waals surface area (Å²) in [5, 5.41) is 13.1. The van der Waals surface area contributed by atoms with E-state index in [2.05, 4.69) is 45.5 Å². The number of rotatable bonds is 8. The second kappa shape index (κ2) is 9.62. The number of nitrogens with one attached hydrogen (secondary N) is 1. The van der Waals surface area contributed by atoms with E-state index in [-0.39, 0.29) is 30.5 Å². The van der Waals surface area contributed by atoms with Gasteiger partial charge in [0.2, 0.25) is 5.91 Å². The number of likely N-dealkylation sites (tertiary alicyclic amines) is 1. The first-order chi connectivity index (χ1) is 13.7. The number of aromatic nitrogens is 1. The van der Waals surface area contributed by atoms with Gasteiger partial charge in [0.05, 0.1) is 12.3 Å². The second-order valence-corrected chi connectivity index (χ2v) is 7.16. The summed E-state index contributed by atoms with van der Waals surface area (Å²) in [5.74, 6) is 0.220. The fourth-order valence-electron chi connectivity index (χ4n) is 4.00. The molecular weight excluding hydrogens is 350 g/mol. The van der Waals surface area contributed by atoms with E-state index in [9.17, 15) is 9.90 Å². The number of nitrogens with zero attached hydrogens (tertiary/aromatic N) is 2. The van der Waals surface area contributed by atoms with Crippen molar-refractivity contribution in [3.05, 3.63) is 71.6 Å². The molecule has 1 amide bonds. The molecule has 0 bridgehead atoms. The van der Waals surface area contributed by atoms with E-state index in [0.717, 1.165) is 11.3 Å². The maximum atomic E-state index is 11.8. The molecule has 5 heteroatoms. The number of carbonyl (C=O) groups excluding carboxylic acids is 1. The first kappa shape index (κ1) is 20.2. The smallest absolute Gasteiger partial charge is 0.219 e. The summed E-state index contributed by atoms with van der Waals surface area (Å²) in [7, 11) is 0. The molecule has 1 aliphatic heterocycles. The van der Waals surface area contributed by atoms with Crippen molar-refractivity contribution in [2.45, 2.75) is 44.8 Å². The molecule has 2 N–H and O–H groups in total. The number of hydrogen-bond donors (Lipinski definition) is 2. The highest BCUT2D eigenvalue weighted by Gasteiger charge is 2.48. The minimum atomic E-state index is 0.0121. The van der Waals surface area contributed by atoms with Gasteiger partial charge < -0.3 is 10.4 Å². The Balaban J connectivity index is 1.82. The van der Waals surface area contributed by atoms with Crippen LogP contribution in [0.5, 0.6) is 0 Å². The molecule has 0 spiro atoms. The zero-order chi connectivity index (χ0) is 19.9. The number of carbonyl (C=O) groups is 1. The minimum absolute atomic E-state index is 0.0121. The fraction of sp³-hybridized carbons (Fsp3) is 0.391. The largest absolute Gasteiger partial charge is 0.395 e. The summed E-state index contributed by atoms with van der Waals surface area (Å²) in [6.07, 6.45) is 6.35. The van der Waals surface area contributed by atoms with Gasteiger partial charge in [-0.1, -0.05) is 49.4 Å². The summed E-state index contributed by atoms with van der Waals surface area (Å²) in [4.78, 5) is 18.5. The molecule has 0 unspecified atom stereocenters. The van der Waals surface area contributed by atoms with Gasteiger partial charge in [-0.2, -0.15) is 0 Å². The zero-order valence-corrected chi connectivity index (χ0v) is 16.6. The summed E-state index contributed by atoms with van der Waals surface area (Å²) in [6, 6.07) is 14.5. The van der Waals surface area contributed by atoms with Gasteiger partial charge in [-0.05, 0) is 30.2 Å². The molecular formula is C23H29N3O2. The third-order valence-electron chi connectivity index (χ3n) is 5.45. The maximum Gasteiger partial charge on any atom is 0.219 e. The number of aliphatic hydroxyl groups excluding tert-OH is 1. The molecule has 0 radical (unpaired) electrons. The van der Waals surface area contributed by atoms with Gasteiger partial charge in [-0.3, -0.25) is 14.7 Å². The molecule has 1 aromatic heterocycles. The number of hydrogen-bond acceptors (Lipinski definition) is 4. The zero-order valence-electron chi connectivity index (χ0n) is 16.6. The van der Waals surface area contributed by atoms with E-state index < -0.39 is 0 Å². The van der Waals surface area contributed by atoms with E-state index in [1.165, 1.54) is 5.56 Å². The van der Waals surface area contributed by atoms with Crippen molar-refractivity contribution in [2.24, 2.45) is 0 Å². The van der Waals surface area contributed by atoms with Crippen LogP contribution in [-0.4, -0.2) is 46.1 Å². The van der Waals surface area contributed by atoms with E-state index in [4.69, 9.17) is 0 Å². The van der Waals surface area contributed by atoms with Crippen LogP contribution in [0.4, 0.5) is 0 Å². The summed E-state index contributed by atoms with van der Waals surface area (Å²) < 4.78 is 0. The van der Waals surface area contributed by atoms with Crippen LogP contribution < -0.4 is 5.32 Å². The quantitative estimate of drug-likeness (QED) is 0.740. The van der Waals surface area contributed by atoms with Gasteiger partial charge in [-0.25, -0.2) is 0 Å². The normalized spacial score (nSPS) is 22.2. The van der Waals surface area contributed by atoms with Crippen LogP contribution in [0.1, 0.15) is 43.0 Å². The molecule has 148 valence electrons. The van der Waals surface area contributed by atoms with Crippen molar-refractivity contribution < 1.29 is 9.90 Å². The van der Waals surface area contributed by atoms with E-state index in [1.54, 1.807) is 6.20 Å². The molecule has 3 rings (SSSR count). The van der Waals surface area contributed by atoms with Crippen LogP contribution in [-0.2, 0) is 11.3 Å². The second-order valence-electron chi connectivity index (χ2n) is 7.16. The molecule has 1 fully saturated rings. The van der Waals surface area contributed by atoms with Gasteiger partial charge in [-0.15, -0.1) is 0 Å². The Morgan fingerprint density at radius 2 is 2.00 bits per heavy atom. The third kappa shape index (κ3) is 4.49. The first-order valence-electron chi connectivity index (χ1n) is 9.93. The highest BCUT2D eigenvalue weighted by molar-refractivity contribution is 5.75. The Hall–Kier alpha value is -2.50. The molecule has 3 atom stereocenters. The lowest BCUT2D eigenvalue weighted by Crippen LogP contribution is -2.66. The molecule has 5 nitrogen and oxygen atoms in total. The summed E-state index contributed by atoms with van der Waals surface area (Å²) in [6.45, 7) is 5.16. The number of pyridine rings is 1. The Kier molecular flexibility index (Phi) is 6.95. The minimum Gasteiger partial charge on any atom is -0.395 e. The van der Waals surface area contributed by atoms with Gasteiger partial charge in [0.25, 0.3) is 0 Å². The Labute approximate surface area is 167 Å². The van der Waals surface area contributed by atoms with Gasteiger partial charge in [0.1, 0.15) is 0 Å². The lowest BCUT2D eigenvalue weighted by atomic mass is 9.74. The van der Waals surface area contributed by atoms with Crippen molar-refractivity contribution in [3.63, 3.8) is 0 Å². The van der Waals surface area contributed by atoms with E-state index >= 15 is 0 Å². The average Bonchev–Trinajstić information content (AvgIpc) is 2.72. The number of allylic oxidation sites excluding steroid dienone is 1. The Bertz CT molecular complexity index is 789. The fourth-order valence-corrected chi connectivity index (χ4v) is 4.00. The lowest BCUT2D eigenvalue weighted by Gasteiger charge is -2.55. The van der Waals surface area contributed by atoms with Crippen LogP contribution in [0.25, 0.3) is 6.08 Å². The molecule has 0 saturated carbocycles. The highest BCUT2D eigenvalue weighted by Crippen LogP contribution is 2.41. The van der Waals surface area contributed by atoms with Crippen LogP contribution in [0, 0.1) is 0 Å². The van der Waals surface area contributed by atoms with Crippen molar-refractivity contribution in [1.82, 2.24) is 15.2 Å². The summed E-state index contributed by atoms with van der Waals surface area (Å²) in [5.41, 5.74) is 3.32. The molecule has 1 aromatic carbocycles. The third-order valence-corrected chi connectivity index (χ3v) is 5.45. The van der Waals surface area contributed by atoms with Gasteiger partial charge in [0, 0.05) is 43.7 Å². The highest BCUT2D eigenvalue weighted by atomic mass is 16.3. The van der Waals surface area contributed by atoms with Crippen molar-refractivity contribution in [1.29, 1.82) is 0 Å². The van der Waals surface area contributed by atoms with Crippen molar-refractivity contribution >= 4 is 12.0 Å². The van der Waals surface area contributed by atoms with Gasteiger partial charge >= 0.3 is 0 Å². The molecule has 2 aromatic rings. The van der Waals surface area contributed by atoms with E-state index in [1.807, 2.05) is 38.1 Å². The SMILES string of the molecule is C/C=C/c1ccc([C@@H]2[C@H](CO)N(Cc3ccccn3)[C@H]2CNC(=O)CC)cc1. The van der Waals surface area contributed by atoms with Crippen LogP contribution in [0.15, 0.2) is 54.7 Å². The molecule has 2 heterocycles.